The molecule has 0 fully saturated rings. The maximum absolute atomic E-state index is 6.54. The van der Waals surface area contributed by atoms with Gasteiger partial charge in [0.15, 0.2) is 8.32 Å². The molecule has 0 amide bonds. The summed E-state index contributed by atoms with van der Waals surface area (Å²) >= 11 is 0. The van der Waals surface area contributed by atoms with Crippen molar-refractivity contribution in [3.05, 3.63) is 29.3 Å². The average molecular weight is 277 g/mol. The summed E-state index contributed by atoms with van der Waals surface area (Å²) in [7, 11) is -1.65. The Hall–Kier alpha value is -0.803. The smallest absolute Gasteiger partial charge is 0.192 e. The second kappa shape index (κ2) is 4.95. The number of hydrogen-bond acceptors (Lipinski definition) is 2. The van der Waals surface area contributed by atoms with Gasteiger partial charge in [0.1, 0.15) is 0 Å². The minimum atomic E-state index is -1.65. The van der Waals surface area contributed by atoms with E-state index in [-0.39, 0.29) is 5.04 Å². The number of nitrogens with two attached hydrogens (primary N) is 1. The summed E-state index contributed by atoms with van der Waals surface area (Å²) in [6.45, 7) is 11.6. The number of rotatable bonds is 2. The molecular formula is C16H27NOSi. The summed E-state index contributed by atoms with van der Waals surface area (Å²) in [5.41, 5.74) is 9.56. The minimum Gasteiger partial charge on any atom is -0.414 e. The zero-order valence-electron chi connectivity index (χ0n) is 12.9. The molecule has 0 saturated heterocycles. The lowest BCUT2D eigenvalue weighted by Crippen LogP contribution is -2.45. The normalized spacial score (nSPS) is 20.2. The van der Waals surface area contributed by atoms with Crippen LogP contribution in [0.5, 0.6) is 0 Å². The van der Waals surface area contributed by atoms with Gasteiger partial charge in [-0.1, -0.05) is 26.8 Å². The molecule has 1 aliphatic carbocycles. The highest BCUT2D eigenvalue weighted by molar-refractivity contribution is 6.74. The Labute approximate surface area is 118 Å². The second-order valence-electron chi connectivity index (χ2n) is 7.27. The highest BCUT2D eigenvalue weighted by Crippen LogP contribution is 2.39. The van der Waals surface area contributed by atoms with E-state index in [2.05, 4.69) is 46.0 Å². The van der Waals surface area contributed by atoms with E-state index in [1.807, 2.05) is 6.07 Å². The van der Waals surface area contributed by atoms with Crippen LogP contribution in [0.25, 0.3) is 0 Å². The third-order valence-electron chi connectivity index (χ3n) is 4.68. The topological polar surface area (TPSA) is 35.2 Å². The first kappa shape index (κ1) is 14.6. The fourth-order valence-electron chi connectivity index (χ4n) is 2.44. The van der Waals surface area contributed by atoms with Gasteiger partial charge in [-0.2, -0.15) is 0 Å². The molecule has 2 rings (SSSR count). The molecule has 0 aromatic heterocycles. The molecule has 0 radical (unpaired) electrons. The number of anilines is 1. The Morgan fingerprint density at radius 3 is 2.53 bits per heavy atom. The molecule has 0 bridgehead atoms. The lowest BCUT2D eigenvalue weighted by Gasteiger charge is -2.40. The monoisotopic (exact) mass is 277 g/mol. The Morgan fingerprint density at radius 1 is 1.21 bits per heavy atom. The van der Waals surface area contributed by atoms with Crippen LogP contribution in [0.15, 0.2) is 18.2 Å². The predicted octanol–water partition coefficient (Wildman–Crippen LogP) is 4.15. The lowest BCUT2D eigenvalue weighted by atomic mass is 9.89. The van der Waals surface area contributed by atoms with E-state index in [9.17, 15) is 0 Å². The SMILES string of the molecule is CC(C)(C)[Si](C)(C)OC1CCc2cc(N)ccc2C1. The Balaban J connectivity index is 2.09. The molecule has 0 saturated carbocycles. The van der Waals surface area contributed by atoms with Gasteiger partial charge in [0.2, 0.25) is 0 Å². The Kier molecular flexibility index (Phi) is 3.80. The van der Waals surface area contributed by atoms with E-state index in [1.54, 1.807) is 0 Å². The van der Waals surface area contributed by atoms with E-state index < -0.39 is 8.32 Å². The van der Waals surface area contributed by atoms with Crippen LogP contribution in [0, 0.1) is 0 Å². The average Bonchev–Trinajstić information content (AvgIpc) is 2.27. The predicted molar refractivity (Wildman–Crippen MR) is 84.9 cm³/mol. The van der Waals surface area contributed by atoms with E-state index in [0.29, 0.717) is 6.10 Å². The third kappa shape index (κ3) is 3.21. The number of hydrogen-bond donors (Lipinski definition) is 1. The van der Waals surface area contributed by atoms with Crippen molar-refractivity contribution in [1.29, 1.82) is 0 Å². The van der Waals surface area contributed by atoms with Crippen molar-refractivity contribution in [2.24, 2.45) is 0 Å². The summed E-state index contributed by atoms with van der Waals surface area (Å²) in [6, 6.07) is 6.30. The molecule has 0 heterocycles. The molecule has 1 aromatic rings. The first-order valence-electron chi connectivity index (χ1n) is 7.24. The summed E-state index contributed by atoms with van der Waals surface area (Å²) in [6.07, 6.45) is 3.65. The van der Waals surface area contributed by atoms with Crippen LogP contribution < -0.4 is 5.73 Å². The van der Waals surface area contributed by atoms with E-state index in [4.69, 9.17) is 10.2 Å². The van der Waals surface area contributed by atoms with Gasteiger partial charge in [0, 0.05) is 11.8 Å². The standard InChI is InChI=1S/C16H27NOSi/c1-16(2,3)19(4,5)18-15-9-7-12-10-14(17)8-6-13(12)11-15/h6,8,10,15H,7,9,11,17H2,1-5H3. The molecule has 1 aliphatic rings. The van der Waals surface area contributed by atoms with E-state index in [1.165, 1.54) is 11.1 Å². The molecule has 2 nitrogen and oxygen atoms in total. The highest BCUT2D eigenvalue weighted by atomic mass is 28.4. The first-order chi connectivity index (χ1) is 8.69. The van der Waals surface area contributed by atoms with Crippen LogP contribution in [-0.2, 0) is 17.3 Å². The summed E-state index contributed by atoms with van der Waals surface area (Å²) in [5, 5.41) is 0.286. The van der Waals surface area contributed by atoms with Crippen LogP contribution in [-0.4, -0.2) is 14.4 Å². The van der Waals surface area contributed by atoms with Crippen molar-refractivity contribution in [2.75, 3.05) is 5.73 Å². The molecular weight excluding hydrogens is 250 g/mol. The fraction of sp³-hybridized carbons (Fsp3) is 0.625. The molecule has 2 N–H and O–H groups in total. The molecule has 0 aliphatic heterocycles. The van der Waals surface area contributed by atoms with Crippen LogP contribution in [0.1, 0.15) is 38.3 Å². The molecule has 3 heteroatoms. The van der Waals surface area contributed by atoms with Gasteiger partial charge in [-0.3, -0.25) is 0 Å². The number of benzene rings is 1. The largest absolute Gasteiger partial charge is 0.414 e. The highest BCUT2D eigenvalue weighted by Gasteiger charge is 2.39. The fourth-order valence-corrected chi connectivity index (χ4v) is 3.82. The maximum atomic E-state index is 6.54. The molecule has 1 unspecified atom stereocenters. The van der Waals surface area contributed by atoms with Crippen molar-refractivity contribution < 1.29 is 4.43 Å². The van der Waals surface area contributed by atoms with Crippen LogP contribution in [0.2, 0.25) is 18.1 Å². The van der Waals surface area contributed by atoms with Crippen LogP contribution >= 0.6 is 0 Å². The zero-order valence-corrected chi connectivity index (χ0v) is 13.9. The Morgan fingerprint density at radius 2 is 1.89 bits per heavy atom. The van der Waals surface area contributed by atoms with Gasteiger partial charge < -0.3 is 10.2 Å². The van der Waals surface area contributed by atoms with Gasteiger partial charge in [-0.25, -0.2) is 0 Å². The number of nitrogen functional groups attached to an aromatic ring is 1. The summed E-state index contributed by atoms with van der Waals surface area (Å²) < 4.78 is 6.54. The number of aryl methyl sites for hydroxylation is 1. The molecule has 19 heavy (non-hydrogen) atoms. The van der Waals surface area contributed by atoms with Crippen molar-refractivity contribution >= 4 is 14.0 Å². The van der Waals surface area contributed by atoms with Gasteiger partial charge in [-0.15, -0.1) is 0 Å². The first-order valence-corrected chi connectivity index (χ1v) is 10.1. The lowest BCUT2D eigenvalue weighted by molar-refractivity contribution is 0.165. The van der Waals surface area contributed by atoms with Gasteiger partial charge in [0.25, 0.3) is 0 Å². The Bertz CT molecular complexity index is 462. The van der Waals surface area contributed by atoms with E-state index >= 15 is 0 Å². The van der Waals surface area contributed by atoms with Crippen molar-refractivity contribution in [3.63, 3.8) is 0 Å². The molecule has 1 atom stereocenters. The molecule has 1 aromatic carbocycles. The van der Waals surface area contributed by atoms with Crippen LogP contribution in [0.4, 0.5) is 5.69 Å². The number of fused-ring (bicyclic) bond motifs is 1. The molecule has 106 valence electrons. The summed E-state index contributed by atoms with van der Waals surface area (Å²) in [5.74, 6) is 0. The van der Waals surface area contributed by atoms with Crippen molar-refractivity contribution in [3.8, 4) is 0 Å². The minimum absolute atomic E-state index is 0.286. The second-order valence-corrected chi connectivity index (χ2v) is 12.0. The quantitative estimate of drug-likeness (QED) is 0.651. The zero-order chi connectivity index (χ0) is 14.3. The van der Waals surface area contributed by atoms with Crippen LogP contribution in [0.3, 0.4) is 0 Å². The van der Waals surface area contributed by atoms with Gasteiger partial charge in [-0.05, 0) is 60.7 Å². The third-order valence-corrected chi connectivity index (χ3v) is 9.22. The molecule has 0 spiro atoms. The van der Waals surface area contributed by atoms with Gasteiger partial charge in [0.05, 0.1) is 0 Å². The maximum Gasteiger partial charge on any atom is 0.192 e. The van der Waals surface area contributed by atoms with Gasteiger partial charge >= 0.3 is 0 Å². The van der Waals surface area contributed by atoms with E-state index in [0.717, 1.165) is 24.9 Å². The van der Waals surface area contributed by atoms with Crippen molar-refractivity contribution in [2.45, 2.75) is 64.3 Å². The summed E-state index contributed by atoms with van der Waals surface area (Å²) in [4.78, 5) is 0. The van der Waals surface area contributed by atoms with Crippen molar-refractivity contribution in [1.82, 2.24) is 0 Å².